The molecule has 0 aromatic rings. The minimum absolute atomic E-state index is 0.0678. The number of oxime groups is 1. The zero-order valence-electron chi connectivity index (χ0n) is 18.0. The molecule has 0 aromatic heterocycles. The van der Waals surface area contributed by atoms with E-state index in [9.17, 15) is 9.59 Å². The van der Waals surface area contributed by atoms with Gasteiger partial charge in [0.1, 0.15) is 17.7 Å². The largest absolute Gasteiger partial charge is 0.391 e. The van der Waals surface area contributed by atoms with Gasteiger partial charge in [-0.1, -0.05) is 19.0 Å². The Kier molecular flexibility index (Phi) is 4.88. The van der Waals surface area contributed by atoms with Crippen LogP contribution in [0.5, 0.6) is 0 Å². The fraction of sp³-hybridized carbons (Fsp3) is 0.875. The van der Waals surface area contributed by atoms with E-state index < -0.39 is 0 Å². The van der Waals surface area contributed by atoms with E-state index in [1.165, 1.54) is 0 Å². The number of carbonyl (C=O) groups excluding carboxylic acids is 2. The van der Waals surface area contributed by atoms with Gasteiger partial charge >= 0.3 is 0 Å². The van der Waals surface area contributed by atoms with Crippen LogP contribution in [0.4, 0.5) is 0 Å². The summed E-state index contributed by atoms with van der Waals surface area (Å²) in [6.45, 7) is 6.50. The molecule has 0 spiro atoms. The topological polar surface area (TPSA) is 67.8 Å². The van der Waals surface area contributed by atoms with Crippen LogP contribution in [0.25, 0.3) is 0 Å². The van der Waals surface area contributed by atoms with Crippen LogP contribution in [0.2, 0.25) is 0 Å². The normalized spacial score (nSPS) is 48.8. The van der Waals surface area contributed by atoms with Crippen molar-refractivity contribution in [1.29, 1.82) is 0 Å². The number of fused-ring (bicyclic) bond motifs is 5. The van der Waals surface area contributed by atoms with E-state index in [-0.39, 0.29) is 22.9 Å². The Balaban J connectivity index is 1.32. The lowest BCUT2D eigenvalue weighted by atomic mass is 9.45. The molecule has 1 saturated heterocycles. The zero-order valence-corrected chi connectivity index (χ0v) is 18.0. The van der Waals surface area contributed by atoms with Gasteiger partial charge in [-0.05, 0) is 81.1 Å². The van der Waals surface area contributed by atoms with Gasteiger partial charge in [0.2, 0.25) is 0 Å². The number of rotatable bonds is 2. The van der Waals surface area contributed by atoms with Crippen molar-refractivity contribution in [3.8, 4) is 0 Å². The highest BCUT2D eigenvalue weighted by molar-refractivity contribution is 5.93. The lowest BCUT2D eigenvalue weighted by molar-refractivity contribution is -0.152. The molecule has 5 rings (SSSR count). The molecule has 5 fully saturated rings. The summed E-state index contributed by atoms with van der Waals surface area (Å²) in [5.74, 6) is 2.38. The molecule has 5 nitrogen and oxygen atoms in total. The molecule has 0 aromatic carbocycles. The number of hydrogen-bond donors (Lipinski definition) is 1. The number of nitrogens with one attached hydrogen (secondary N) is 1. The molecule has 1 N–H and O–H groups in total. The Morgan fingerprint density at radius 2 is 1.90 bits per heavy atom. The Hall–Kier alpha value is -1.23. The predicted molar refractivity (Wildman–Crippen MR) is 112 cm³/mol. The molecule has 5 heteroatoms. The summed E-state index contributed by atoms with van der Waals surface area (Å²) in [5.41, 5.74) is 0.994. The van der Waals surface area contributed by atoms with Crippen LogP contribution in [0, 0.1) is 34.5 Å². The highest BCUT2D eigenvalue weighted by Crippen LogP contribution is 2.64. The standard InChI is InChI=1S/C24H36N2O3/c1-23-9-7-15(26-29-16-4-3-11-25-14-16)12-20(23)21(27)13-17-18-5-6-22(28)24(18,2)10-8-19(17)23/h16-20,25H,3-14H2,1-2H3/b26-15+/t16?,17-,18-,19-,20+,23+,24-/m0/s1. The molecular formula is C24H36N2O3. The summed E-state index contributed by atoms with van der Waals surface area (Å²) in [4.78, 5) is 31.7. The smallest absolute Gasteiger partial charge is 0.139 e. The summed E-state index contributed by atoms with van der Waals surface area (Å²) in [6, 6.07) is 0. The summed E-state index contributed by atoms with van der Waals surface area (Å²) < 4.78 is 0. The van der Waals surface area contributed by atoms with Crippen molar-refractivity contribution in [3.05, 3.63) is 0 Å². The van der Waals surface area contributed by atoms with E-state index >= 15 is 0 Å². The zero-order chi connectivity index (χ0) is 20.2. The van der Waals surface area contributed by atoms with Gasteiger partial charge in [-0.3, -0.25) is 9.59 Å². The first-order valence-electron chi connectivity index (χ1n) is 11.9. The molecule has 4 saturated carbocycles. The lowest BCUT2D eigenvalue weighted by Crippen LogP contribution is -2.56. The Labute approximate surface area is 174 Å². The van der Waals surface area contributed by atoms with Gasteiger partial charge in [-0.25, -0.2) is 0 Å². The molecule has 4 aliphatic carbocycles. The maximum absolute atomic E-state index is 13.3. The molecule has 1 aliphatic heterocycles. The van der Waals surface area contributed by atoms with Crippen molar-refractivity contribution in [2.45, 2.75) is 84.2 Å². The molecule has 1 unspecified atom stereocenters. The molecule has 0 bridgehead atoms. The van der Waals surface area contributed by atoms with E-state index in [1.54, 1.807) is 0 Å². The summed E-state index contributed by atoms with van der Waals surface area (Å²) in [6.07, 6.45) is 9.67. The van der Waals surface area contributed by atoms with Gasteiger partial charge in [-0.2, -0.15) is 0 Å². The SMILES string of the molecule is C[C@]12CC/C(=N\OC3CCCNC3)C[C@@H]1C(=O)C[C@@H]1[C@@H]2CC[C@]2(C)C(=O)CC[C@@H]12. The van der Waals surface area contributed by atoms with Crippen molar-refractivity contribution in [3.63, 3.8) is 0 Å². The number of Topliss-reactive ketones (excluding diaryl/α,β-unsaturated/α-hetero) is 2. The third-order valence-corrected chi connectivity index (χ3v) is 9.59. The first kappa shape index (κ1) is 19.7. The van der Waals surface area contributed by atoms with Gasteiger partial charge in [0.05, 0.1) is 5.71 Å². The average molecular weight is 401 g/mol. The third kappa shape index (κ3) is 3.10. The quantitative estimate of drug-likeness (QED) is 0.714. The second-order valence-electron chi connectivity index (χ2n) is 11.0. The predicted octanol–water partition coefficient (Wildman–Crippen LogP) is 3.90. The van der Waals surface area contributed by atoms with Crippen LogP contribution in [-0.2, 0) is 14.4 Å². The van der Waals surface area contributed by atoms with Crippen molar-refractivity contribution < 1.29 is 14.4 Å². The fourth-order valence-electron chi connectivity index (χ4n) is 7.76. The Bertz CT molecular complexity index is 728. The van der Waals surface area contributed by atoms with E-state index in [0.29, 0.717) is 35.7 Å². The minimum atomic E-state index is -0.159. The van der Waals surface area contributed by atoms with Crippen molar-refractivity contribution in [1.82, 2.24) is 5.32 Å². The van der Waals surface area contributed by atoms with Crippen LogP contribution < -0.4 is 5.32 Å². The number of nitrogens with zero attached hydrogens (tertiary/aromatic N) is 1. The molecule has 5 aliphatic rings. The van der Waals surface area contributed by atoms with Crippen LogP contribution >= 0.6 is 0 Å². The Morgan fingerprint density at radius 1 is 1.03 bits per heavy atom. The number of hydrogen-bond acceptors (Lipinski definition) is 5. The van der Waals surface area contributed by atoms with Crippen molar-refractivity contribution >= 4 is 17.3 Å². The molecule has 0 radical (unpaired) electrons. The molecular weight excluding hydrogens is 364 g/mol. The molecule has 1 heterocycles. The van der Waals surface area contributed by atoms with E-state index in [0.717, 1.165) is 76.6 Å². The van der Waals surface area contributed by atoms with Crippen LogP contribution in [0.3, 0.4) is 0 Å². The van der Waals surface area contributed by atoms with E-state index in [1.807, 2.05) is 0 Å². The van der Waals surface area contributed by atoms with Gasteiger partial charge in [0, 0.05) is 30.7 Å². The maximum atomic E-state index is 13.3. The van der Waals surface area contributed by atoms with Crippen LogP contribution in [0.15, 0.2) is 5.16 Å². The van der Waals surface area contributed by atoms with Gasteiger partial charge < -0.3 is 10.2 Å². The third-order valence-electron chi connectivity index (χ3n) is 9.59. The van der Waals surface area contributed by atoms with E-state index in [2.05, 4.69) is 24.3 Å². The second-order valence-corrected chi connectivity index (χ2v) is 11.0. The molecule has 29 heavy (non-hydrogen) atoms. The second kappa shape index (κ2) is 7.18. The van der Waals surface area contributed by atoms with Gasteiger partial charge in [0.25, 0.3) is 0 Å². The maximum Gasteiger partial charge on any atom is 0.139 e. The summed E-state index contributed by atoms with van der Waals surface area (Å²) in [5, 5.41) is 7.89. The first-order valence-corrected chi connectivity index (χ1v) is 11.9. The highest BCUT2D eigenvalue weighted by atomic mass is 16.6. The first-order chi connectivity index (χ1) is 13.9. The van der Waals surface area contributed by atoms with E-state index in [4.69, 9.17) is 4.84 Å². The lowest BCUT2D eigenvalue weighted by Gasteiger charge is -2.58. The summed E-state index contributed by atoms with van der Waals surface area (Å²) >= 11 is 0. The summed E-state index contributed by atoms with van der Waals surface area (Å²) in [7, 11) is 0. The number of carbonyl (C=O) groups is 2. The Morgan fingerprint density at radius 3 is 2.69 bits per heavy atom. The van der Waals surface area contributed by atoms with Crippen LogP contribution in [-0.4, -0.2) is 36.5 Å². The molecule has 7 atom stereocenters. The number of ketones is 2. The van der Waals surface area contributed by atoms with Crippen molar-refractivity contribution in [2.24, 2.45) is 39.7 Å². The number of piperidine rings is 1. The van der Waals surface area contributed by atoms with Gasteiger partial charge in [-0.15, -0.1) is 0 Å². The molecule has 160 valence electrons. The monoisotopic (exact) mass is 400 g/mol. The average Bonchev–Trinajstić information content (AvgIpc) is 3.03. The molecule has 0 amide bonds. The fourth-order valence-corrected chi connectivity index (χ4v) is 7.76. The van der Waals surface area contributed by atoms with Crippen molar-refractivity contribution in [2.75, 3.05) is 13.1 Å². The highest BCUT2D eigenvalue weighted by Gasteiger charge is 2.62. The van der Waals surface area contributed by atoms with Gasteiger partial charge in [0.15, 0.2) is 0 Å². The minimum Gasteiger partial charge on any atom is -0.391 e. The van der Waals surface area contributed by atoms with Crippen LogP contribution in [0.1, 0.15) is 78.1 Å².